The third kappa shape index (κ3) is 2.41. The van der Waals surface area contributed by atoms with Crippen LogP contribution in [0.2, 0.25) is 0 Å². The Morgan fingerprint density at radius 1 is 1.58 bits per heavy atom. The van der Waals surface area contributed by atoms with Crippen molar-refractivity contribution in [2.45, 2.75) is 57.2 Å². The fraction of sp³-hybridized carbons (Fsp3) is 0.667. The van der Waals surface area contributed by atoms with Gasteiger partial charge in [0.25, 0.3) is 0 Å². The summed E-state index contributed by atoms with van der Waals surface area (Å²) in [5, 5.41) is 3.44. The molecule has 1 saturated heterocycles. The fourth-order valence-corrected chi connectivity index (χ4v) is 3.04. The zero-order valence-electron chi connectivity index (χ0n) is 11.5. The Hall–Kier alpha value is -1.29. The van der Waals surface area contributed by atoms with Crippen molar-refractivity contribution in [2.75, 3.05) is 6.54 Å². The Kier molecular flexibility index (Phi) is 3.35. The summed E-state index contributed by atoms with van der Waals surface area (Å²) >= 11 is 0. The SMILES string of the molecule is CCC1(C(=O)N(Cc2ccco2)C2CC2)CCCN1. The van der Waals surface area contributed by atoms with Gasteiger partial charge >= 0.3 is 0 Å². The highest BCUT2D eigenvalue weighted by molar-refractivity contribution is 5.87. The van der Waals surface area contributed by atoms with Gasteiger partial charge < -0.3 is 14.6 Å². The molecule has 1 atom stereocenters. The maximum Gasteiger partial charge on any atom is 0.243 e. The Bertz CT molecular complexity index is 431. The first-order chi connectivity index (χ1) is 9.25. The normalized spacial score (nSPS) is 26.6. The summed E-state index contributed by atoms with van der Waals surface area (Å²) in [7, 11) is 0. The van der Waals surface area contributed by atoms with Gasteiger partial charge in [0.2, 0.25) is 5.91 Å². The van der Waals surface area contributed by atoms with Crippen LogP contribution in [0.5, 0.6) is 0 Å². The van der Waals surface area contributed by atoms with E-state index in [1.807, 2.05) is 17.0 Å². The molecule has 4 nitrogen and oxygen atoms in total. The van der Waals surface area contributed by atoms with Crippen LogP contribution in [-0.2, 0) is 11.3 Å². The summed E-state index contributed by atoms with van der Waals surface area (Å²) in [5.41, 5.74) is -0.324. The van der Waals surface area contributed by atoms with E-state index in [1.54, 1.807) is 6.26 Å². The predicted octanol–water partition coefficient (Wildman–Crippen LogP) is 2.30. The van der Waals surface area contributed by atoms with Gasteiger partial charge in [0, 0.05) is 6.04 Å². The molecule has 0 aromatic carbocycles. The van der Waals surface area contributed by atoms with Gasteiger partial charge in [0.15, 0.2) is 0 Å². The monoisotopic (exact) mass is 262 g/mol. The van der Waals surface area contributed by atoms with E-state index in [2.05, 4.69) is 12.2 Å². The first-order valence-corrected chi connectivity index (χ1v) is 7.34. The van der Waals surface area contributed by atoms with Crippen LogP contribution in [0, 0.1) is 0 Å². The maximum absolute atomic E-state index is 12.9. The van der Waals surface area contributed by atoms with Crippen molar-refractivity contribution in [3.05, 3.63) is 24.2 Å². The van der Waals surface area contributed by atoms with Crippen molar-refractivity contribution in [1.82, 2.24) is 10.2 Å². The van der Waals surface area contributed by atoms with E-state index in [4.69, 9.17) is 4.42 Å². The van der Waals surface area contributed by atoms with Crippen LogP contribution < -0.4 is 5.32 Å². The van der Waals surface area contributed by atoms with Crippen LogP contribution >= 0.6 is 0 Å². The summed E-state index contributed by atoms with van der Waals surface area (Å²) in [5.74, 6) is 1.15. The molecule has 1 unspecified atom stereocenters. The Balaban J connectivity index is 1.77. The molecule has 1 aliphatic heterocycles. The zero-order chi connectivity index (χ0) is 13.3. The molecule has 4 heteroatoms. The lowest BCUT2D eigenvalue weighted by atomic mass is 9.92. The minimum atomic E-state index is -0.324. The number of hydrogen-bond donors (Lipinski definition) is 1. The van der Waals surface area contributed by atoms with Crippen molar-refractivity contribution in [3.8, 4) is 0 Å². The van der Waals surface area contributed by atoms with E-state index in [9.17, 15) is 4.79 Å². The summed E-state index contributed by atoms with van der Waals surface area (Å²) in [4.78, 5) is 15.0. The minimum Gasteiger partial charge on any atom is -0.467 e. The maximum atomic E-state index is 12.9. The molecule has 0 radical (unpaired) electrons. The molecule has 1 amide bonds. The molecule has 104 valence electrons. The van der Waals surface area contributed by atoms with Crippen LogP contribution in [0.3, 0.4) is 0 Å². The van der Waals surface area contributed by atoms with E-state index >= 15 is 0 Å². The van der Waals surface area contributed by atoms with Crippen LogP contribution in [0.1, 0.15) is 44.8 Å². The lowest BCUT2D eigenvalue weighted by molar-refractivity contribution is -0.139. The number of nitrogens with zero attached hydrogens (tertiary/aromatic N) is 1. The quantitative estimate of drug-likeness (QED) is 0.885. The number of carbonyl (C=O) groups is 1. The number of rotatable bonds is 5. The van der Waals surface area contributed by atoms with Crippen molar-refractivity contribution in [2.24, 2.45) is 0 Å². The van der Waals surface area contributed by atoms with E-state index in [0.717, 1.165) is 44.4 Å². The second-order valence-corrected chi connectivity index (χ2v) is 5.71. The van der Waals surface area contributed by atoms with Crippen molar-refractivity contribution in [1.29, 1.82) is 0 Å². The average Bonchev–Trinajstić information content (AvgIpc) is 2.96. The summed E-state index contributed by atoms with van der Waals surface area (Å²) in [6.45, 7) is 3.67. The minimum absolute atomic E-state index is 0.270. The van der Waals surface area contributed by atoms with Gasteiger partial charge in [-0.3, -0.25) is 4.79 Å². The molecule has 1 saturated carbocycles. The molecule has 1 N–H and O–H groups in total. The van der Waals surface area contributed by atoms with Gasteiger partial charge in [0.05, 0.1) is 18.3 Å². The van der Waals surface area contributed by atoms with Gasteiger partial charge in [-0.25, -0.2) is 0 Å². The van der Waals surface area contributed by atoms with E-state index in [-0.39, 0.29) is 11.4 Å². The summed E-state index contributed by atoms with van der Waals surface area (Å²) in [6.07, 6.45) is 6.86. The molecular weight excluding hydrogens is 240 g/mol. The van der Waals surface area contributed by atoms with Gasteiger partial charge in [-0.1, -0.05) is 6.92 Å². The molecule has 19 heavy (non-hydrogen) atoms. The fourth-order valence-electron chi connectivity index (χ4n) is 3.04. The Labute approximate surface area is 114 Å². The third-order valence-corrected chi connectivity index (χ3v) is 4.41. The molecule has 1 aromatic heterocycles. The number of nitrogens with one attached hydrogen (secondary N) is 1. The van der Waals surface area contributed by atoms with Gasteiger partial charge in [-0.05, 0) is 50.8 Å². The highest BCUT2D eigenvalue weighted by Gasteiger charge is 2.45. The van der Waals surface area contributed by atoms with Crippen LogP contribution in [0.15, 0.2) is 22.8 Å². The molecule has 3 rings (SSSR count). The first kappa shape index (κ1) is 12.7. The Morgan fingerprint density at radius 2 is 2.42 bits per heavy atom. The van der Waals surface area contributed by atoms with E-state index in [0.29, 0.717) is 12.6 Å². The van der Waals surface area contributed by atoms with Crippen molar-refractivity contribution >= 4 is 5.91 Å². The lowest BCUT2D eigenvalue weighted by Crippen LogP contribution is -2.54. The number of amides is 1. The summed E-state index contributed by atoms with van der Waals surface area (Å²) in [6, 6.07) is 4.25. The number of furan rings is 1. The molecule has 0 spiro atoms. The topological polar surface area (TPSA) is 45.5 Å². The smallest absolute Gasteiger partial charge is 0.243 e. The molecule has 2 heterocycles. The highest BCUT2D eigenvalue weighted by atomic mass is 16.3. The predicted molar refractivity (Wildman–Crippen MR) is 72.5 cm³/mol. The standard InChI is InChI=1S/C15H22N2O2/c1-2-15(8-4-9-16-15)14(18)17(12-6-7-12)11-13-5-3-10-19-13/h3,5,10,12,16H,2,4,6-9,11H2,1H3. The van der Waals surface area contributed by atoms with Gasteiger partial charge in [0.1, 0.15) is 5.76 Å². The molecule has 2 aliphatic rings. The third-order valence-electron chi connectivity index (χ3n) is 4.41. The number of carbonyl (C=O) groups excluding carboxylic acids is 1. The molecule has 1 aromatic rings. The molecular formula is C15H22N2O2. The molecule has 2 fully saturated rings. The second kappa shape index (κ2) is 5.00. The van der Waals surface area contributed by atoms with E-state index in [1.165, 1.54) is 0 Å². The second-order valence-electron chi connectivity index (χ2n) is 5.71. The molecule has 0 bridgehead atoms. The highest BCUT2D eigenvalue weighted by Crippen LogP contribution is 2.34. The Morgan fingerprint density at radius 3 is 2.95 bits per heavy atom. The largest absolute Gasteiger partial charge is 0.467 e. The first-order valence-electron chi connectivity index (χ1n) is 7.34. The average molecular weight is 262 g/mol. The molecule has 1 aliphatic carbocycles. The zero-order valence-corrected chi connectivity index (χ0v) is 11.5. The van der Waals surface area contributed by atoms with Crippen LogP contribution in [0.4, 0.5) is 0 Å². The summed E-state index contributed by atoms with van der Waals surface area (Å²) < 4.78 is 5.41. The van der Waals surface area contributed by atoms with Crippen LogP contribution in [-0.4, -0.2) is 28.9 Å². The number of hydrogen-bond acceptors (Lipinski definition) is 3. The van der Waals surface area contributed by atoms with Gasteiger partial charge in [-0.2, -0.15) is 0 Å². The van der Waals surface area contributed by atoms with Crippen LogP contribution in [0.25, 0.3) is 0 Å². The van der Waals surface area contributed by atoms with Crippen molar-refractivity contribution < 1.29 is 9.21 Å². The lowest BCUT2D eigenvalue weighted by Gasteiger charge is -2.33. The van der Waals surface area contributed by atoms with Gasteiger partial charge in [-0.15, -0.1) is 0 Å². The van der Waals surface area contributed by atoms with Crippen molar-refractivity contribution in [3.63, 3.8) is 0 Å². The van der Waals surface area contributed by atoms with E-state index < -0.39 is 0 Å².